The number of nitrogens with one attached hydrogen (secondary N) is 1. The number of rotatable bonds is 6. The first-order valence-corrected chi connectivity index (χ1v) is 8.80. The number of amides is 1. The van der Waals surface area contributed by atoms with E-state index in [1.807, 2.05) is 12.1 Å². The third kappa shape index (κ3) is 6.56. The van der Waals surface area contributed by atoms with Crippen LogP contribution in [0.15, 0.2) is 28.7 Å². The zero-order valence-corrected chi connectivity index (χ0v) is 16.4. The first-order chi connectivity index (χ1) is 12.7. The van der Waals surface area contributed by atoms with Crippen molar-refractivity contribution in [2.45, 2.75) is 45.8 Å². The average molecular weight is 396 g/mol. The van der Waals surface area contributed by atoms with E-state index in [-0.39, 0.29) is 18.4 Å². The highest BCUT2D eigenvalue weighted by Crippen LogP contribution is 2.20. The summed E-state index contributed by atoms with van der Waals surface area (Å²) in [5.74, 6) is -0.934. The number of esters is 1. The first-order valence-electron chi connectivity index (χ1n) is 8.42. The van der Waals surface area contributed by atoms with Crippen LogP contribution in [0, 0.1) is 0 Å². The Labute approximate surface area is 162 Å². The highest BCUT2D eigenvalue weighted by Gasteiger charge is 2.26. The fourth-order valence-electron chi connectivity index (χ4n) is 2.16. The van der Waals surface area contributed by atoms with E-state index in [9.17, 15) is 9.59 Å². The predicted octanol–water partition coefficient (Wildman–Crippen LogP) is 3.71. The van der Waals surface area contributed by atoms with E-state index in [1.165, 1.54) is 0 Å². The van der Waals surface area contributed by atoms with Gasteiger partial charge in [0.2, 0.25) is 5.89 Å². The van der Waals surface area contributed by atoms with Crippen molar-refractivity contribution in [3.05, 3.63) is 46.6 Å². The smallest absolute Gasteiger partial charge is 0.408 e. The van der Waals surface area contributed by atoms with E-state index in [0.29, 0.717) is 11.4 Å². The molecule has 0 spiro atoms. The third-order valence-corrected chi connectivity index (χ3v) is 3.48. The van der Waals surface area contributed by atoms with Gasteiger partial charge in [0.1, 0.15) is 11.6 Å². The first kappa shape index (κ1) is 20.7. The standard InChI is InChI=1S/C18H22ClN3O5/c1-5-25-16(23)15-22-21-14(26-15)13(20-17(24)27-18(2,3)4)10-11-6-8-12(19)9-7-11/h6-9,13H,5,10H2,1-4H3,(H,20,24)/t13-/m0/s1. The second kappa shape index (κ2) is 8.85. The van der Waals surface area contributed by atoms with Gasteiger partial charge in [0.05, 0.1) is 6.61 Å². The molecule has 0 radical (unpaired) electrons. The Morgan fingerprint density at radius 2 is 1.89 bits per heavy atom. The van der Waals surface area contributed by atoms with E-state index >= 15 is 0 Å². The minimum Gasteiger partial charge on any atom is -0.459 e. The van der Waals surface area contributed by atoms with Crippen LogP contribution in [0.25, 0.3) is 0 Å². The molecule has 1 N–H and O–H groups in total. The van der Waals surface area contributed by atoms with Gasteiger partial charge >= 0.3 is 18.0 Å². The van der Waals surface area contributed by atoms with Gasteiger partial charge < -0.3 is 19.2 Å². The second-order valence-corrected chi connectivity index (χ2v) is 7.13. The molecule has 9 heteroatoms. The van der Waals surface area contributed by atoms with Crippen molar-refractivity contribution in [3.8, 4) is 0 Å². The lowest BCUT2D eigenvalue weighted by atomic mass is 10.1. The van der Waals surface area contributed by atoms with Crippen LogP contribution in [0.3, 0.4) is 0 Å². The molecule has 0 fully saturated rings. The van der Waals surface area contributed by atoms with Crippen LogP contribution in [0.4, 0.5) is 4.79 Å². The highest BCUT2D eigenvalue weighted by molar-refractivity contribution is 6.30. The summed E-state index contributed by atoms with van der Waals surface area (Å²) in [5, 5.41) is 10.8. The summed E-state index contributed by atoms with van der Waals surface area (Å²) in [6, 6.07) is 6.40. The maximum Gasteiger partial charge on any atom is 0.408 e. The molecule has 0 bridgehead atoms. The van der Waals surface area contributed by atoms with Crippen molar-refractivity contribution in [1.82, 2.24) is 15.5 Å². The van der Waals surface area contributed by atoms with Crippen LogP contribution in [0.5, 0.6) is 0 Å². The summed E-state index contributed by atoms with van der Waals surface area (Å²) in [5.41, 5.74) is 0.205. The summed E-state index contributed by atoms with van der Waals surface area (Å²) >= 11 is 5.91. The molecule has 0 unspecified atom stereocenters. The van der Waals surface area contributed by atoms with Gasteiger partial charge in [-0.2, -0.15) is 0 Å². The summed E-state index contributed by atoms with van der Waals surface area (Å²) in [7, 11) is 0. The average Bonchev–Trinajstić information content (AvgIpc) is 3.05. The van der Waals surface area contributed by atoms with Crippen molar-refractivity contribution in [1.29, 1.82) is 0 Å². The van der Waals surface area contributed by atoms with Crippen molar-refractivity contribution in [3.63, 3.8) is 0 Å². The van der Waals surface area contributed by atoms with E-state index in [2.05, 4.69) is 15.5 Å². The number of hydrogen-bond donors (Lipinski definition) is 1. The van der Waals surface area contributed by atoms with Gasteiger partial charge in [-0.05, 0) is 45.4 Å². The van der Waals surface area contributed by atoms with E-state index in [0.717, 1.165) is 5.56 Å². The molecule has 146 valence electrons. The molecule has 2 aromatic rings. The quantitative estimate of drug-likeness (QED) is 0.743. The topological polar surface area (TPSA) is 104 Å². The molecule has 0 aliphatic carbocycles. The lowest BCUT2D eigenvalue weighted by Gasteiger charge is -2.22. The Balaban J connectivity index is 2.21. The van der Waals surface area contributed by atoms with Crippen molar-refractivity contribution < 1.29 is 23.5 Å². The van der Waals surface area contributed by atoms with Gasteiger partial charge in [-0.15, -0.1) is 10.2 Å². The molecule has 0 aliphatic heterocycles. The van der Waals surface area contributed by atoms with Gasteiger partial charge in [0, 0.05) is 11.4 Å². The number of carbonyl (C=O) groups is 2. The van der Waals surface area contributed by atoms with Gasteiger partial charge in [0.15, 0.2) is 0 Å². The van der Waals surface area contributed by atoms with Crippen LogP contribution < -0.4 is 5.32 Å². The molecule has 0 aliphatic rings. The maximum absolute atomic E-state index is 12.2. The van der Waals surface area contributed by atoms with E-state index < -0.39 is 23.7 Å². The largest absolute Gasteiger partial charge is 0.459 e. The van der Waals surface area contributed by atoms with Crippen LogP contribution in [-0.4, -0.2) is 34.5 Å². The van der Waals surface area contributed by atoms with E-state index in [4.69, 9.17) is 25.5 Å². The van der Waals surface area contributed by atoms with Gasteiger partial charge in [0.25, 0.3) is 0 Å². The molecule has 2 rings (SSSR count). The molecule has 1 aromatic heterocycles. The Hall–Kier alpha value is -2.61. The number of alkyl carbamates (subject to hydrolysis) is 1. The van der Waals surface area contributed by atoms with Crippen LogP contribution >= 0.6 is 11.6 Å². The summed E-state index contributed by atoms with van der Waals surface area (Å²) < 4.78 is 15.5. The molecular weight excluding hydrogens is 374 g/mol. The SMILES string of the molecule is CCOC(=O)c1nnc([C@H](Cc2ccc(Cl)cc2)NC(=O)OC(C)(C)C)o1. The fraction of sp³-hybridized carbons (Fsp3) is 0.444. The molecule has 8 nitrogen and oxygen atoms in total. The van der Waals surface area contributed by atoms with Crippen molar-refractivity contribution >= 4 is 23.7 Å². The number of benzene rings is 1. The van der Waals surface area contributed by atoms with Gasteiger partial charge in [-0.1, -0.05) is 23.7 Å². The van der Waals surface area contributed by atoms with Crippen LogP contribution in [-0.2, 0) is 15.9 Å². The van der Waals surface area contributed by atoms with Gasteiger partial charge in [-0.3, -0.25) is 0 Å². The molecule has 0 saturated heterocycles. The Kier molecular flexibility index (Phi) is 6.79. The molecular formula is C18H22ClN3O5. The maximum atomic E-state index is 12.2. The molecule has 27 heavy (non-hydrogen) atoms. The lowest BCUT2D eigenvalue weighted by Crippen LogP contribution is -2.36. The summed E-state index contributed by atoms with van der Waals surface area (Å²) in [6.07, 6.45) is -0.307. The molecule has 1 heterocycles. The molecule has 1 amide bonds. The number of carbonyl (C=O) groups excluding carboxylic acids is 2. The third-order valence-electron chi connectivity index (χ3n) is 3.23. The number of hydrogen-bond acceptors (Lipinski definition) is 7. The zero-order valence-electron chi connectivity index (χ0n) is 15.6. The molecule has 1 atom stereocenters. The van der Waals surface area contributed by atoms with Gasteiger partial charge in [-0.25, -0.2) is 9.59 Å². The number of ether oxygens (including phenoxy) is 2. The fourth-order valence-corrected chi connectivity index (χ4v) is 2.28. The minimum atomic E-state index is -0.723. The Morgan fingerprint density at radius 1 is 1.22 bits per heavy atom. The van der Waals surface area contributed by atoms with Crippen LogP contribution in [0.2, 0.25) is 5.02 Å². The van der Waals surface area contributed by atoms with Crippen LogP contribution in [0.1, 0.15) is 55.9 Å². The molecule has 0 saturated carbocycles. The Bertz CT molecular complexity index is 783. The normalized spacial score (nSPS) is 12.3. The second-order valence-electron chi connectivity index (χ2n) is 6.70. The van der Waals surface area contributed by atoms with Crippen molar-refractivity contribution in [2.24, 2.45) is 0 Å². The number of nitrogens with zero attached hydrogens (tertiary/aromatic N) is 2. The minimum absolute atomic E-state index is 0.0684. The highest BCUT2D eigenvalue weighted by atomic mass is 35.5. The lowest BCUT2D eigenvalue weighted by molar-refractivity contribution is 0.0475. The number of aromatic nitrogens is 2. The summed E-state index contributed by atoms with van der Waals surface area (Å²) in [4.78, 5) is 23.9. The predicted molar refractivity (Wildman–Crippen MR) is 97.5 cm³/mol. The monoisotopic (exact) mass is 395 g/mol. The zero-order chi connectivity index (χ0) is 20.0. The Morgan fingerprint density at radius 3 is 2.48 bits per heavy atom. The molecule has 1 aromatic carbocycles. The van der Waals surface area contributed by atoms with Crippen molar-refractivity contribution in [2.75, 3.05) is 6.61 Å². The summed E-state index contributed by atoms with van der Waals surface area (Å²) in [6.45, 7) is 7.12. The number of halogens is 1. The van der Waals surface area contributed by atoms with E-state index in [1.54, 1.807) is 39.8 Å².